The number of rotatable bonds is 6. The van der Waals surface area contributed by atoms with Crippen LogP contribution in [0.3, 0.4) is 0 Å². The van der Waals surface area contributed by atoms with Crippen LogP contribution in [-0.4, -0.2) is 22.4 Å². The molecule has 0 unspecified atom stereocenters. The SMILES string of the molecule is CCOc1ccc(C(=O)N(c2ccccc2)c2nc(C)cs2)cc1[N+](=O)[O-]. The zero-order valence-electron chi connectivity index (χ0n) is 14.8. The maximum atomic E-state index is 13.2. The summed E-state index contributed by atoms with van der Waals surface area (Å²) in [5, 5.41) is 13.7. The highest BCUT2D eigenvalue weighted by Crippen LogP contribution is 2.33. The van der Waals surface area contributed by atoms with Gasteiger partial charge in [-0.2, -0.15) is 0 Å². The molecule has 2 aromatic carbocycles. The molecule has 0 radical (unpaired) electrons. The highest BCUT2D eigenvalue weighted by Gasteiger charge is 2.25. The second-order valence-electron chi connectivity index (χ2n) is 5.62. The Kier molecular flexibility index (Phi) is 5.46. The number of anilines is 2. The number of carbonyl (C=O) groups is 1. The van der Waals surface area contributed by atoms with Gasteiger partial charge in [-0.25, -0.2) is 4.98 Å². The van der Waals surface area contributed by atoms with Crippen molar-refractivity contribution < 1.29 is 14.5 Å². The maximum Gasteiger partial charge on any atom is 0.311 e. The lowest BCUT2D eigenvalue weighted by atomic mass is 10.1. The van der Waals surface area contributed by atoms with Crippen LogP contribution in [-0.2, 0) is 0 Å². The van der Waals surface area contributed by atoms with Crippen LogP contribution in [0.4, 0.5) is 16.5 Å². The third kappa shape index (κ3) is 3.95. The average Bonchev–Trinajstić information content (AvgIpc) is 3.09. The molecule has 0 spiro atoms. The Bertz CT molecular complexity index is 972. The number of amides is 1. The molecule has 138 valence electrons. The van der Waals surface area contributed by atoms with Gasteiger partial charge < -0.3 is 4.74 Å². The molecule has 3 rings (SSSR count). The van der Waals surface area contributed by atoms with Crippen molar-refractivity contribution in [3.05, 3.63) is 75.3 Å². The number of aromatic nitrogens is 1. The van der Waals surface area contributed by atoms with E-state index in [0.717, 1.165) is 5.69 Å². The van der Waals surface area contributed by atoms with Gasteiger partial charge in [0.1, 0.15) is 0 Å². The molecule has 1 aromatic heterocycles. The highest BCUT2D eigenvalue weighted by molar-refractivity contribution is 7.14. The number of nitrogens with zero attached hydrogens (tertiary/aromatic N) is 3. The summed E-state index contributed by atoms with van der Waals surface area (Å²) in [6.45, 7) is 3.88. The lowest BCUT2D eigenvalue weighted by Crippen LogP contribution is -2.26. The fourth-order valence-corrected chi connectivity index (χ4v) is 3.35. The van der Waals surface area contributed by atoms with Gasteiger partial charge in [-0.15, -0.1) is 11.3 Å². The van der Waals surface area contributed by atoms with Gasteiger partial charge in [0.2, 0.25) is 0 Å². The number of para-hydroxylation sites is 1. The maximum absolute atomic E-state index is 13.2. The lowest BCUT2D eigenvalue weighted by Gasteiger charge is -2.20. The molecule has 0 aliphatic carbocycles. The van der Waals surface area contributed by atoms with Gasteiger partial charge in [0.15, 0.2) is 10.9 Å². The molecule has 7 nitrogen and oxygen atoms in total. The minimum atomic E-state index is -0.553. The second-order valence-corrected chi connectivity index (χ2v) is 6.46. The van der Waals surface area contributed by atoms with E-state index in [1.54, 1.807) is 19.1 Å². The fraction of sp³-hybridized carbons (Fsp3) is 0.158. The Balaban J connectivity index is 2.07. The molecule has 27 heavy (non-hydrogen) atoms. The lowest BCUT2D eigenvalue weighted by molar-refractivity contribution is -0.385. The second kappa shape index (κ2) is 7.96. The van der Waals surface area contributed by atoms with Gasteiger partial charge in [-0.3, -0.25) is 19.8 Å². The summed E-state index contributed by atoms with van der Waals surface area (Å²) >= 11 is 1.33. The number of benzene rings is 2. The molecule has 0 atom stereocenters. The van der Waals surface area contributed by atoms with Crippen molar-refractivity contribution in [2.45, 2.75) is 13.8 Å². The smallest absolute Gasteiger partial charge is 0.311 e. The molecule has 0 bridgehead atoms. The monoisotopic (exact) mass is 383 g/mol. The summed E-state index contributed by atoms with van der Waals surface area (Å²) < 4.78 is 5.29. The highest BCUT2D eigenvalue weighted by atomic mass is 32.1. The minimum Gasteiger partial charge on any atom is -0.487 e. The minimum absolute atomic E-state index is 0.135. The summed E-state index contributed by atoms with van der Waals surface area (Å²) in [6, 6.07) is 13.3. The number of nitro groups is 1. The first-order chi connectivity index (χ1) is 13.0. The van der Waals surface area contributed by atoms with E-state index in [9.17, 15) is 14.9 Å². The molecular weight excluding hydrogens is 366 g/mol. The number of hydrogen-bond donors (Lipinski definition) is 0. The van der Waals surface area contributed by atoms with E-state index in [1.165, 1.54) is 34.4 Å². The van der Waals surface area contributed by atoms with E-state index in [-0.39, 0.29) is 17.0 Å². The molecule has 0 aliphatic rings. The molecule has 1 amide bonds. The van der Waals surface area contributed by atoms with Crippen molar-refractivity contribution in [3.63, 3.8) is 0 Å². The molecule has 0 fully saturated rings. The third-order valence-corrected chi connectivity index (χ3v) is 4.66. The quantitative estimate of drug-likeness (QED) is 0.453. The average molecular weight is 383 g/mol. The van der Waals surface area contributed by atoms with E-state index in [4.69, 9.17) is 4.74 Å². The van der Waals surface area contributed by atoms with Gasteiger partial charge in [0.25, 0.3) is 5.91 Å². The van der Waals surface area contributed by atoms with Gasteiger partial charge in [-0.1, -0.05) is 18.2 Å². The molecule has 1 heterocycles. The van der Waals surface area contributed by atoms with Gasteiger partial charge in [0, 0.05) is 17.0 Å². The zero-order chi connectivity index (χ0) is 19.4. The summed E-state index contributed by atoms with van der Waals surface area (Å²) in [4.78, 5) is 29.9. The molecule has 0 saturated carbocycles. The predicted octanol–water partition coefficient (Wildman–Crippen LogP) is 4.74. The van der Waals surface area contributed by atoms with Gasteiger partial charge in [0.05, 0.1) is 22.9 Å². The van der Waals surface area contributed by atoms with E-state index in [0.29, 0.717) is 17.4 Å². The normalized spacial score (nSPS) is 10.4. The Morgan fingerprint density at radius 1 is 1.26 bits per heavy atom. The summed E-state index contributed by atoms with van der Waals surface area (Å²) in [5.74, 6) is -0.267. The van der Waals surface area contributed by atoms with Crippen molar-refractivity contribution in [2.75, 3.05) is 11.5 Å². The van der Waals surface area contributed by atoms with Crippen molar-refractivity contribution in [3.8, 4) is 5.75 Å². The van der Waals surface area contributed by atoms with Crippen LogP contribution < -0.4 is 9.64 Å². The topological polar surface area (TPSA) is 85.6 Å². The number of thiazole rings is 1. The zero-order valence-corrected chi connectivity index (χ0v) is 15.6. The third-order valence-electron chi connectivity index (χ3n) is 3.72. The Morgan fingerprint density at radius 2 is 2.00 bits per heavy atom. The number of hydrogen-bond acceptors (Lipinski definition) is 6. The molecule has 3 aromatic rings. The van der Waals surface area contributed by atoms with Crippen LogP contribution in [0.15, 0.2) is 53.9 Å². The van der Waals surface area contributed by atoms with Crippen molar-refractivity contribution in [1.29, 1.82) is 0 Å². The Labute approximate surface area is 160 Å². The molecule has 0 N–H and O–H groups in total. The van der Waals surface area contributed by atoms with Crippen LogP contribution in [0.2, 0.25) is 0 Å². The Hall–Kier alpha value is -3.26. The van der Waals surface area contributed by atoms with Crippen molar-refractivity contribution in [2.24, 2.45) is 0 Å². The first kappa shape index (κ1) is 18.5. The first-order valence-corrected chi connectivity index (χ1v) is 9.12. The number of ether oxygens (including phenoxy) is 1. The van der Waals surface area contributed by atoms with Gasteiger partial charge >= 0.3 is 5.69 Å². The molecular formula is C19H17N3O4S. The Morgan fingerprint density at radius 3 is 2.59 bits per heavy atom. The van der Waals surface area contributed by atoms with Crippen LogP contribution in [0.25, 0.3) is 0 Å². The van der Waals surface area contributed by atoms with Crippen molar-refractivity contribution in [1.82, 2.24) is 4.98 Å². The molecule has 8 heteroatoms. The van der Waals surface area contributed by atoms with E-state index >= 15 is 0 Å². The predicted molar refractivity (Wildman–Crippen MR) is 104 cm³/mol. The summed E-state index contributed by atoms with van der Waals surface area (Å²) in [7, 11) is 0. The van der Waals surface area contributed by atoms with Crippen LogP contribution in [0, 0.1) is 17.0 Å². The van der Waals surface area contributed by atoms with E-state index in [2.05, 4.69) is 4.98 Å². The summed E-state index contributed by atoms with van der Waals surface area (Å²) in [6.07, 6.45) is 0. The molecule has 0 saturated heterocycles. The standard InChI is InChI=1S/C19H17N3O4S/c1-3-26-17-10-9-14(11-16(17)22(24)25)18(23)21(15-7-5-4-6-8-15)19-20-13(2)12-27-19/h4-12H,3H2,1-2H3. The number of carbonyl (C=O) groups excluding carboxylic acids is 1. The van der Waals surface area contributed by atoms with E-state index < -0.39 is 10.8 Å². The number of aryl methyl sites for hydroxylation is 1. The van der Waals surface area contributed by atoms with E-state index in [1.807, 2.05) is 30.5 Å². The van der Waals surface area contributed by atoms with Gasteiger partial charge in [-0.05, 0) is 38.1 Å². The fourth-order valence-electron chi connectivity index (χ4n) is 2.54. The van der Waals surface area contributed by atoms with Crippen molar-refractivity contribution >= 4 is 33.8 Å². The largest absolute Gasteiger partial charge is 0.487 e. The van der Waals surface area contributed by atoms with Crippen LogP contribution in [0.5, 0.6) is 5.75 Å². The first-order valence-electron chi connectivity index (χ1n) is 8.24. The number of nitro benzene ring substituents is 1. The molecule has 0 aliphatic heterocycles. The van der Waals surface area contributed by atoms with Crippen LogP contribution >= 0.6 is 11.3 Å². The summed E-state index contributed by atoms with van der Waals surface area (Å²) in [5.41, 5.74) is 1.36. The van der Waals surface area contributed by atoms with Crippen LogP contribution in [0.1, 0.15) is 23.0 Å².